The number of alkyl halides is 1. The Morgan fingerprint density at radius 1 is 1.11 bits per heavy atom. The van der Waals surface area contributed by atoms with E-state index in [-0.39, 0.29) is 5.38 Å². The lowest BCUT2D eigenvalue weighted by molar-refractivity contribution is 0.288. The quantitative estimate of drug-likeness (QED) is 0.693. The molecule has 1 fully saturated rings. The normalized spacial score (nSPS) is 22.1. The van der Waals surface area contributed by atoms with Gasteiger partial charge in [0.25, 0.3) is 0 Å². The van der Waals surface area contributed by atoms with E-state index in [1.807, 2.05) is 0 Å². The van der Waals surface area contributed by atoms with Crippen molar-refractivity contribution >= 4 is 11.6 Å². The van der Waals surface area contributed by atoms with Crippen LogP contribution < -0.4 is 4.74 Å². The number of benzene rings is 1. The lowest BCUT2D eigenvalue weighted by Crippen LogP contribution is -2.13. The molecule has 3 rings (SSSR count). The zero-order valence-electron chi connectivity index (χ0n) is 10.8. The first-order valence-electron chi connectivity index (χ1n) is 7.24. The minimum Gasteiger partial charge on any atom is -0.493 e. The third-order valence-corrected chi connectivity index (χ3v) is 4.92. The largest absolute Gasteiger partial charge is 0.493 e. The van der Waals surface area contributed by atoms with Crippen LogP contribution in [0.2, 0.25) is 0 Å². The molecule has 98 valence electrons. The minimum absolute atomic E-state index is 0.192. The van der Waals surface area contributed by atoms with Crippen molar-refractivity contribution < 1.29 is 4.74 Å². The molecule has 0 radical (unpaired) electrons. The van der Waals surface area contributed by atoms with Crippen LogP contribution in [-0.4, -0.2) is 6.61 Å². The second-order valence-corrected chi connectivity index (χ2v) is 6.09. The second kappa shape index (κ2) is 5.52. The van der Waals surface area contributed by atoms with Gasteiger partial charge in [-0.05, 0) is 48.8 Å². The fourth-order valence-corrected chi connectivity index (χ4v) is 3.64. The standard InChI is InChI=1S/C16H21ClO/c17-16(12-5-2-1-3-6-12)14-8-9-15-13(11-14)7-4-10-18-15/h8-9,11-12,16H,1-7,10H2. The van der Waals surface area contributed by atoms with Crippen LogP contribution in [0.15, 0.2) is 18.2 Å². The molecule has 0 spiro atoms. The molecule has 1 nitrogen and oxygen atoms in total. The summed E-state index contributed by atoms with van der Waals surface area (Å²) in [5.41, 5.74) is 2.65. The molecule has 0 N–H and O–H groups in total. The third-order valence-electron chi connectivity index (χ3n) is 4.31. The fraction of sp³-hybridized carbons (Fsp3) is 0.625. The first-order valence-corrected chi connectivity index (χ1v) is 7.68. The predicted octanol–water partition coefficient (Wildman–Crippen LogP) is 4.87. The lowest BCUT2D eigenvalue weighted by atomic mass is 9.84. The molecule has 0 saturated heterocycles. The Labute approximate surface area is 114 Å². The van der Waals surface area contributed by atoms with Crippen molar-refractivity contribution in [3.8, 4) is 5.75 Å². The fourth-order valence-electron chi connectivity index (χ4n) is 3.25. The van der Waals surface area contributed by atoms with Crippen LogP contribution in [0, 0.1) is 5.92 Å². The van der Waals surface area contributed by atoms with Crippen molar-refractivity contribution in [1.29, 1.82) is 0 Å². The van der Waals surface area contributed by atoms with Crippen LogP contribution in [0.1, 0.15) is 55.0 Å². The Morgan fingerprint density at radius 2 is 1.94 bits per heavy atom. The maximum Gasteiger partial charge on any atom is 0.122 e. The van der Waals surface area contributed by atoms with Crippen molar-refractivity contribution in [3.05, 3.63) is 29.3 Å². The molecule has 0 aromatic heterocycles. The Hall–Kier alpha value is -0.690. The molecule has 1 aliphatic carbocycles. The van der Waals surface area contributed by atoms with Crippen molar-refractivity contribution in [3.63, 3.8) is 0 Å². The summed E-state index contributed by atoms with van der Waals surface area (Å²) in [6.45, 7) is 0.860. The Kier molecular flexibility index (Phi) is 3.79. The van der Waals surface area contributed by atoms with Gasteiger partial charge in [0.2, 0.25) is 0 Å². The number of hydrogen-bond acceptors (Lipinski definition) is 1. The molecule has 0 bridgehead atoms. The second-order valence-electron chi connectivity index (χ2n) is 5.62. The number of rotatable bonds is 2. The van der Waals surface area contributed by atoms with Crippen LogP contribution in [0.3, 0.4) is 0 Å². The van der Waals surface area contributed by atoms with Crippen LogP contribution in [0.25, 0.3) is 0 Å². The SMILES string of the molecule is ClC(c1ccc2c(c1)CCCO2)C1CCCCC1. The van der Waals surface area contributed by atoms with Gasteiger partial charge in [-0.25, -0.2) is 0 Å². The van der Waals surface area contributed by atoms with E-state index < -0.39 is 0 Å². The van der Waals surface area contributed by atoms with E-state index in [1.54, 1.807) is 0 Å². The summed E-state index contributed by atoms with van der Waals surface area (Å²) in [5.74, 6) is 1.74. The average molecular weight is 265 g/mol. The molecule has 2 heteroatoms. The highest BCUT2D eigenvalue weighted by Gasteiger charge is 2.24. The van der Waals surface area contributed by atoms with Crippen LogP contribution >= 0.6 is 11.6 Å². The van der Waals surface area contributed by atoms with E-state index in [0.717, 1.165) is 25.2 Å². The zero-order valence-corrected chi connectivity index (χ0v) is 11.6. The Balaban J connectivity index is 1.78. The van der Waals surface area contributed by atoms with Gasteiger partial charge in [0.1, 0.15) is 5.75 Å². The number of ether oxygens (including phenoxy) is 1. The van der Waals surface area contributed by atoms with Crippen LogP contribution in [0.4, 0.5) is 0 Å². The summed E-state index contributed by atoms with van der Waals surface area (Å²) in [6, 6.07) is 6.55. The van der Waals surface area contributed by atoms with Crippen LogP contribution in [0.5, 0.6) is 5.75 Å². The van der Waals surface area contributed by atoms with E-state index >= 15 is 0 Å². The summed E-state index contributed by atoms with van der Waals surface area (Å²) in [5, 5.41) is 0.192. The Morgan fingerprint density at radius 3 is 2.78 bits per heavy atom. The highest BCUT2D eigenvalue weighted by atomic mass is 35.5. The molecule has 2 aliphatic rings. The molecular formula is C16H21ClO. The molecule has 1 aromatic carbocycles. The maximum absolute atomic E-state index is 6.69. The average Bonchev–Trinajstić information content (AvgIpc) is 2.47. The molecule has 18 heavy (non-hydrogen) atoms. The van der Waals surface area contributed by atoms with E-state index in [9.17, 15) is 0 Å². The first kappa shape index (κ1) is 12.3. The smallest absolute Gasteiger partial charge is 0.122 e. The number of aryl methyl sites for hydroxylation is 1. The van der Waals surface area contributed by atoms with Gasteiger partial charge in [0.15, 0.2) is 0 Å². The molecule has 1 aliphatic heterocycles. The van der Waals surface area contributed by atoms with Gasteiger partial charge in [-0.15, -0.1) is 11.6 Å². The number of hydrogen-bond donors (Lipinski definition) is 0. The van der Waals surface area contributed by atoms with E-state index in [1.165, 1.54) is 43.2 Å². The Bertz CT molecular complexity index is 410. The zero-order chi connectivity index (χ0) is 12.4. The van der Waals surface area contributed by atoms with Crippen molar-refractivity contribution in [2.75, 3.05) is 6.61 Å². The summed E-state index contributed by atoms with van der Waals surface area (Å²) < 4.78 is 5.66. The summed E-state index contributed by atoms with van der Waals surface area (Å²) in [4.78, 5) is 0. The van der Waals surface area contributed by atoms with Gasteiger partial charge in [0, 0.05) is 0 Å². The number of fused-ring (bicyclic) bond motifs is 1. The topological polar surface area (TPSA) is 9.23 Å². The van der Waals surface area contributed by atoms with E-state index in [2.05, 4.69) is 18.2 Å². The van der Waals surface area contributed by atoms with Gasteiger partial charge < -0.3 is 4.74 Å². The molecule has 1 heterocycles. The predicted molar refractivity (Wildman–Crippen MR) is 75.4 cm³/mol. The van der Waals surface area contributed by atoms with Crippen molar-refractivity contribution in [2.45, 2.75) is 50.3 Å². The van der Waals surface area contributed by atoms with Gasteiger partial charge in [-0.2, -0.15) is 0 Å². The first-order chi connectivity index (χ1) is 8.84. The van der Waals surface area contributed by atoms with E-state index in [4.69, 9.17) is 16.3 Å². The molecule has 1 atom stereocenters. The van der Waals surface area contributed by atoms with Gasteiger partial charge in [-0.3, -0.25) is 0 Å². The van der Waals surface area contributed by atoms with Crippen molar-refractivity contribution in [1.82, 2.24) is 0 Å². The van der Waals surface area contributed by atoms with Crippen molar-refractivity contribution in [2.24, 2.45) is 5.92 Å². The van der Waals surface area contributed by atoms with Gasteiger partial charge in [0.05, 0.1) is 12.0 Å². The highest BCUT2D eigenvalue weighted by molar-refractivity contribution is 6.21. The third kappa shape index (κ3) is 2.51. The molecule has 1 saturated carbocycles. The van der Waals surface area contributed by atoms with E-state index in [0.29, 0.717) is 5.92 Å². The van der Waals surface area contributed by atoms with Gasteiger partial charge >= 0.3 is 0 Å². The van der Waals surface area contributed by atoms with Crippen LogP contribution in [-0.2, 0) is 6.42 Å². The maximum atomic E-state index is 6.69. The summed E-state index contributed by atoms with van der Waals surface area (Å²) in [7, 11) is 0. The minimum atomic E-state index is 0.192. The molecule has 1 unspecified atom stereocenters. The highest BCUT2D eigenvalue weighted by Crippen LogP contribution is 2.40. The molecule has 0 amide bonds. The summed E-state index contributed by atoms with van der Waals surface area (Å²) in [6.07, 6.45) is 8.94. The van der Waals surface area contributed by atoms with Gasteiger partial charge in [-0.1, -0.05) is 31.4 Å². The lowest BCUT2D eigenvalue weighted by Gasteiger charge is -2.27. The summed E-state index contributed by atoms with van der Waals surface area (Å²) >= 11 is 6.69. The molecular weight excluding hydrogens is 244 g/mol. The number of halogens is 1. The molecule has 1 aromatic rings. The monoisotopic (exact) mass is 264 g/mol.